The number of nitrogen functional groups attached to an aromatic ring is 1. The van der Waals surface area contributed by atoms with E-state index in [0.29, 0.717) is 11.6 Å². The molecular weight excluding hydrogens is 168 g/mol. The number of hydrogen-bond acceptors (Lipinski definition) is 4. The van der Waals surface area contributed by atoms with E-state index < -0.39 is 0 Å². The van der Waals surface area contributed by atoms with Crippen molar-refractivity contribution in [1.82, 2.24) is 9.78 Å². The zero-order valence-corrected chi connectivity index (χ0v) is 7.40. The molecule has 0 saturated carbocycles. The molecule has 0 amide bonds. The third-order valence-electron chi connectivity index (χ3n) is 2.39. The van der Waals surface area contributed by atoms with Crippen LogP contribution >= 0.6 is 0 Å². The van der Waals surface area contributed by atoms with Crippen LogP contribution in [0.25, 0.3) is 0 Å². The number of anilines is 2. The Balaban J connectivity index is 2.11. The molecule has 5 heteroatoms. The van der Waals surface area contributed by atoms with Crippen LogP contribution in [0.3, 0.4) is 0 Å². The van der Waals surface area contributed by atoms with E-state index in [1.54, 1.807) is 6.20 Å². The highest BCUT2D eigenvalue weighted by Crippen LogP contribution is 2.24. The molecule has 1 unspecified atom stereocenters. The maximum atomic E-state index is 8.79. The summed E-state index contributed by atoms with van der Waals surface area (Å²) in [4.78, 5) is 0. The van der Waals surface area contributed by atoms with Crippen molar-refractivity contribution in [2.24, 2.45) is 5.92 Å². The molecule has 72 valence electrons. The second-order valence-electron chi connectivity index (χ2n) is 3.39. The molecule has 1 atom stereocenters. The number of nitrogens with one attached hydrogen (secondary N) is 1. The highest BCUT2D eigenvalue weighted by atomic mass is 16.3. The molecule has 0 saturated heterocycles. The van der Waals surface area contributed by atoms with Crippen molar-refractivity contribution >= 4 is 11.5 Å². The van der Waals surface area contributed by atoms with Gasteiger partial charge in [-0.1, -0.05) is 0 Å². The first-order chi connectivity index (χ1) is 6.31. The lowest BCUT2D eigenvalue weighted by molar-refractivity contribution is 0.244. The maximum absolute atomic E-state index is 8.79. The SMILES string of the molecule is Nc1cnn2c1NCC(CCO)C2. The van der Waals surface area contributed by atoms with Crippen LogP contribution in [0.2, 0.25) is 0 Å². The quantitative estimate of drug-likeness (QED) is 0.596. The fourth-order valence-corrected chi connectivity index (χ4v) is 1.66. The Kier molecular flexibility index (Phi) is 2.10. The molecule has 1 aliphatic heterocycles. The number of hydrogen-bond donors (Lipinski definition) is 3. The first-order valence-electron chi connectivity index (χ1n) is 4.47. The standard InChI is InChI=1S/C8H14N4O/c9-7-4-11-12-5-6(1-2-13)3-10-8(7)12/h4,6,10,13H,1-3,5,9H2. The lowest BCUT2D eigenvalue weighted by atomic mass is 10.1. The second kappa shape index (κ2) is 3.26. The number of fused-ring (bicyclic) bond motifs is 1. The highest BCUT2D eigenvalue weighted by Gasteiger charge is 2.19. The smallest absolute Gasteiger partial charge is 0.147 e. The van der Waals surface area contributed by atoms with E-state index in [9.17, 15) is 0 Å². The van der Waals surface area contributed by atoms with Crippen molar-refractivity contribution in [3.63, 3.8) is 0 Å². The first kappa shape index (κ1) is 8.37. The van der Waals surface area contributed by atoms with Crippen LogP contribution < -0.4 is 11.1 Å². The predicted octanol–water partition coefficient (Wildman–Crippen LogP) is -0.111. The van der Waals surface area contributed by atoms with Gasteiger partial charge in [-0.2, -0.15) is 5.10 Å². The molecule has 0 spiro atoms. The summed E-state index contributed by atoms with van der Waals surface area (Å²) in [5.74, 6) is 1.37. The van der Waals surface area contributed by atoms with Crippen LogP contribution in [-0.2, 0) is 6.54 Å². The van der Waals surface area contributed by atoms with Crippen molar-refractivity contribution in [2.75, 3.05) is 24.2 Å². The fourth-order valence-electron chi connectivity index (χ4n) is 1.66. The van der Waals surface area contributed by atoms with Crippen LogP contribution in [-0.4, -0.2) is 28.0 Å². The molecule has 1 aromatic heterocycles. The lowest BCUT2D eigenvalue weighted by Crippen LogP contribution is -2.28. The van der Waals surface area contributed by atoms with Crippen molar-refractivity contribution in [3.05, 3.63) is 6.20 Å². The van der Waals surface area contributed by atoms with Crippen LogP contribution in [0.5, 0.6) is 0 Å². The largest absolute Gasteiger partial charge is 0.396 e. The molecule has 4 N–H and O–H groups in total. The van der Waals surface area contributed by atoms with Crippen molar-refractivity contribution < 1.29 is 5.11 Å². The Bertz CT molecular complexity index is 296. The van der Waals surface area contributed by atoms with Gasteiger partial charge in [0.1, 0.15) is 5.82 Å². The minimum absolute atomic E-state index is 0.235. The van der Waals surface area contributed by atoms with E-state index in [2.05, 4.69) is 10.4 Å². The van der Waals surface area contributed by atoms with Crippen LogP contribution in [0.15, 0.2) is 6.20 Å². The van der Waals surface area contributed by atoms with Gasteiger partial charge in [0.25, 0.3) is 0 Å². The molecule has 1 aliphatic rings. The molecule has 13 heavy (non-hydrogen) atoms. The van der Waals surface area contributed by atoms with Gasteiger partial charge in [0.2, 0.25) is 0 Å². The van der Waals surface area contributed by atoms with E-state index in [0.717, 1.165) is 25.3 Å². The topological polar surface area (TPSA) is 76.1 Å². The Labute approximate surface area is 76.5 Å². The number of aromatic nitrogens is 2. The Morgan fingerprint density at radius 2 is 2.62 bits per heavy atom. The minimum atomic E-state index is 0.235. The maximum Gasteiger partial charge on any atom is 0.147 e. The molecule has 5 nitrogen and oxygen atoms in total. The summed E-state index contributed by atoms with van der Waals surface area (Å²) in [5.41, 5.74) is 6.38. The van der Waals surface area contributed by atoms with Crippen LogP contribution in [0, 0.1) is 5.92 Å². The van der Waals surface area contributed by atoms with Gasteiger partial charge >= 0.3 is 0 Å². The van der Waals surface area contributed by atoms with E-state index in [4.69, 9.17) is 10.8 Å². The Morgan fingerprint density at radius 1 is 1.77 bits per heavy atom. The van der Waals surface area contributed by atoms with Crippen molar-refractivity contribution in [3.8, 4) is 0 Å². The lowest BCUT2D eigenvalue weighted by Gasteiger charge is -2.24. The molecule has 0 radical (unpaired) electrons. The summed E-state index contributed by atoms with van der Waals surface area (Å²) < 4.78 is 1.86. The zero-order chi connectivity index (χ0) is 9.26. The number of nitrogens with two attached hydrogens (primary N) is 1. The minimum Gasteiger partial charge on any atom is -0.396 e. The third-order valence-corrected chi connectivity index (χ3v) is 2.39. The molecule has 1 aromatic rings. The van der Waals surface area contributed by atoms with Gasteiger partial charge in [0, 0.05) is 19.7 Å². The van der Waals surface area contributed by atoms with Gasteiger partial charge in [0.05, 0.1) is 11.9 Å². The molecular formula is C8H14N4O. The van der Waals surface area contributed by atoms with E-state index >= 15 is 0 Å². The number of rotatable bonds is 2. The molecule has 0 aliphatic carbocycles. The van der Waals surface area contributed by atoms with Gasteiger partial charge in [-0.25, -0.2) is 4.68 Å². The normalized spacial score (nSPS) is 20.8. The van der Waals surface area contributed by atoms with Crippen LogP contribution in [0.4, 0.5) is 11.5 Å². The number of aliphatic hydroxyl groups is 1. The van der Waals surface area contributed by atoms with Crippen molar-refractivity contribution in [2.45, 2.75) is 13.0 Å². The second-order valence-corrected chi connectivity index (χ2v) is 3.39. The number of nitrogens with zero attached hydrogens (tertiary/aromatic N) is 2. The van der Waals surface area contributed by atoms with Crippen molar-refractivity contribution in [1.29, 1.82) is 0 Å². The highest BCUT2D eigenvalue weighted by molar-refractivity contribution is 5.61. The van der Waals surface area contributed by atoms with Crippen LogP contribution in [0.1, 0.15) is 6.42 Å². The average Bonchev–Trinajstić information content (AvgIpc) is 2.48. The van der Waals surface area contributed by atoms with E-state index in [1.165, 1.54) is 0 Å². The number of aliphatic hydroxyl groups excluding tert-OH is 1. The first-order valence-corrected chi connectivity index (χ1v) is 4.47. The molecule has 0 bridgehead atoms. The third kappa shape index (κ3) is 1.47. The van der Waals surface area contributed by atoms with Gasteiger partial charge in [0.15, 0.2) is 0 Å². The fraction of sp³-hybridized carbons (Fsp3) is 0.625. The monoisotopic (exact) mass is 182 g/mol. The summed E-state index contributed by atoms with van der Waals surface area (Å²) in [7, 11) is 0. The Morgan fingerprint density at radius 3 is 3.38 bits per heavy atom. The predicted molar refractivity (Wildman–Crippen MR) is 50.3 cm³/mol. The molecule has 2 rings (SSSR count). The summed E-state index contributed by atoms with van der Waals surface area (Å²) in [5, 5.41) is 16.1. The summed E-state index contributed by atoms with van der Waals surface area (Å²) in [6.45, 7) is 1.95. The molecule has 2 heterocycles. The van der Waals surface area contributed by atoms with Gasteiger partial charge < -0.3 is 16.2 Å². The molecule has 0 fully saturated rings. The van der Waals surface area contributed by atoms with Gasteiger partial charge in [-0.3, -0.25) is 0 Å². The van der Waals surface area contributed by atoms with Gasteiger partial charge in [-0.05, 0) is 12.3 Å². The Hall–Kier alpha value is -1.23. The van der Waals surface area contributed by atoms with Gasteiger partial charge in [-0.15, -0.1) is 0 Å². The average molecular weight is 182 g/mol. The molecule has 0 aromatic carbocycles. The zero-order valence-electron chi connectivity index (χ0n) is 7.40. The van der Waals surface area contributed by atoms with E-state index in [-0.39, 0.29) is 6.61 Å². The summed E-state index contributed by atoms with van der Waals surface area (Å²) in [6.07, 6.45) is 2.47. The summed E-state index contributed by atoms with van der Waals surface area (Å²) in [6, 6.07) is 0. The van der Waals surface area contributed by atoms with E-state index in [1.807, 2.05) is 4.68 Å². The summed E-state index contributed by atoms with van der Waals surface area (Å²) >= 11 is 0.